The fraction of sp³-hybridized carbons (Fsp3) is 0.529. The maximum atomic E-state index is 11.7. The van der Waals surface area contributed by atoms with Gasteiger partial charge in [-0.05, 0) is 52.2 Å². The normalized spacial score (nSPS) is 12.2. The summed E-state index contributed by atoms with van der Waals surface area (Å²) in [5, 5.41) is 25.5. The first-order chi connectivity index (χ1) is 12.0. The number of aliphatic carboxylic acids is 1. The molecule has 1 rings (SSSR count). The second-order valence-corrected chi connectivity index (χ2v) is 6.88. The Balaban J connectivity index is 2.57. The quantitative estimate of drug-likeness (QED) is 0.365. The van der Waals surface area contributed by atoms with Crippen LogP contribution in [0.2, 0.25) is 0 Å². The molecular weight excluding hydrogens is 342 g/mol. The third kappa shape index (κ3) is 7.37. The van der Waals surface area contributed by atoms with E-state index in [1.807, 2.05) is 6.92 Å². The van der Waals surface area contributed by atoms with Gasteiger partial charge in [0.1, 0.15) is 17.3 Å². The highest BCUT2D eigenvalue weighted by Crippen LogP contribution is 2.25. The van der Waals surface area contributed by atoms with Crippen LogP contribution in [0.25, 0.3) is 0 Å². The summed E-state index contributed by atoms with van der Waals surface area (Å²) < 4.78 is 5.05. The number of nitro benzene ring substituents is 1. The minimum atomic E-state index is -1.17. The molecule has 0 unspecified atom stereocenters. The first-order valence-electron chi connectivity index (χ1n) is 8.21. The van der Waals surface area contributed by atoms with Crippen molar-refractivity contribution in [3.05, 3.63) is 33.9 Å². The molecule has 1 aromatic rings. The number of carboxylic acid groups (broad SMARTS) is 1. The Morgan fingerprint density at radius 3 is 2.54 bits per heavy atom. The van der Waals surface area contributed by atoms with Gasteiger partial charge in [-0.3, -0.25) is 10.1 Å². The van der Waals surface area contributed by atoms with Crippen LogP contribution >= 0.6 is 0 Å². The average Bonchev–Trinajstić information content (AvgIpc) is 2.47. The number of nitro groups is 1. The van der Waals surface area contributed by atoms with Crippen molar-refractivity contribution in [1.29, 1.82) is 0 Å². The van der Waals surface area contributed by atoms with E-state index in [9.17, 15) is 24.8 Å². The predicted octanol–water partition coefficient (Wildman–Crippen LogP) is 3.07. The molecule has 0 aliphatic heterocycles. The second kappa shape index (κ2) is 9.02. The van der Waals surface area contributed by atoms with Crippen LogP contribution in [0.1, 0.15) is 39.2 Å². The summed E-state index contributed by atoms with van der Waals surface area (Å²) in [5.74, 6) is -1.17. The van der Waals surface area contributed by atoms with Gasteiger partial charge in [0.05, 0.1) is 4.92 Å². The van der Waals surface area contributed by atoms with Crippen molar-refractivity contribution in [1.82, 2.24) is 5.32 Å². The van der Waals surface area contributed by atoms with Crippen molar-refractivity contribution in [3.63, 3.8) is 0 Å². The van der Waals surface area contributed by atoms with Gasteiger partial charge in [0.15, 0.2) is 0 Å². The van der Waals surface area contributed by atoms with Gasteiger partial charge in [0.2, 0.25) is 0 Å². The number of benzene rings is 1. The summed E-state index contributed by atoms with van der Waals surface area (Å²) in [5.41, 5.74) is 0.478. The summed E-state index contributed by atoms with van der Waals surface area (Å²) in [6, 6.07) is 3.63. The number of rotatable bonds is 8. The van der Waals surface area contributed by atoms with Crippen LogP contribution in [0.3, 0.4) is 0 Å². The zero-order chi connectivity index (χ0) is 19.9. The van der Waals surface area contributed by atoms with Crippen molar-refractivity contribution < 1.29 is 24.4 Å². The number of hydrogen-bond acceptors (Lipinski definition) is 6. The van der Waals surface area contributed by atoms with Gasteiger partial charge in [-0.2, -0.15) is 0 Å². The Hall–Kier alpha value is -2.84. The highest BCUT2D eigenvalue weighted by atomic mass is 16.6. The van der Waals surface area contributed by atoms with E-state index in [1.165, 1.54) is 6.07 Å². The molecule has 144 valence electrons. The molecule has 0 heterocycles. The lowest BCUT2D eigenvalue weighted by Gasteiger charge is -2.22. The fourth-order valence-electron chi connectivity index (χ4n) is 2.19. The molecule has 1 amide bonds. The Bertz CT molecular complexity index is 669. The van der Waals surface area contributed by atoms with Crippen LogP contribution in [-0.2, 0) is 9.53 Å². The van der Waals surface area contributed by atoms with E-state index >= 15 is 0 Å². The molecule has 0 radical (unpaired) electrons. The monoisotopic (exact) mass is 367 g/mol. The Labute approximate surface area is 151 Å². The molecule has 0 aromatic heterocycles. The summed E-state index contributed by atoms with van der Waals surface area (Å²) >= 11 is 0. The number of ether oxygens (including phenoxy) is 1. The third-order valence-electron chi connectivity index (χ3n) is 3.32. The van der Waals surface area contributed by atoms with E-state index in [1.54, 1.807) is 32.9 Å². The smallest absolute Gasteiger partial charge is 0.408 e. The Morgan fingerprint density at radius 1 is 1.35 bits per heavy atom. The second-order valence-electron chi connectivity index (χ2n) is 6.88. The van der Waals surface area contributed by atoms with Crippen LogP contribution in [0.5, 0.6) is 0 Å². The Kier molecular flexibility index (Phi) is 7.36. The molecule has 9 heteroatoms. The molecular formula is C17H25N3O6. The summed E-state index contributed by atoms with van der Waals surface area (Å²) in [7, 11) is 0. The topological polar surface area (TPSA) is 131 Å². The molecule has 26 heavy (non-hydrogen) atoms. The molecule has 0 saturated carbocycles. The van der Waals surface area contributed by atoms with Crippen LogP contribution in [0, 0.1) is 17.0 Å². The molecule has 0 fully saturated rings. The van der Waals surface area contributed by atoms with Gasteiger partial charge in [-0.25, -0.2) is 9.59 Å². The number of hydrogen-bond donors (Lipinski definition) is 3. The molecule has 1 aromatic carbocycles. The van der Waals surface area contributed by atoms with Gasteiger partial charge in [0, 0.05) is 12.6 Å². The van der Waals surface area contributed by atoms with Crippen LogP contribution in [0.4, 0.5) is 16.2 Å². The minimum absolute atomic E-state index is 0.0442. The van der Waals surface area contributed by atoms with Crippen molar-refractivity contribution in [2.75, 3.05) is 11.9 Å². The number of aryl methyl sites for hydroxylation is 1. The Morgan fingerprint density at radius 2 is 2.00 bits per heavy atom. The highest BCUT2D eigenvalue weighted by molar-refractivity contribution is 5.80. The van der Waals surface area contributed by atoms with Gasteiger partial charge in [0.25, 0.3) is 5.69 Å². The maximum absolute atomic E-state index is 11.7. The van der Waals surface area contributed by atoms with Crippen molar-refractivity contribution in [2.45, 2.75) is 52.2 Å². The molecule has 0 aliphatic rings. The predicted molar refractivity (Wildman–Crippen MR) is 96.4 cm³/mol. The van der Waals surface area contributed by atoms with E-state index in [-0.39, 0.29) is 12.1 Å². The fourth-order valence-corrected chi connectivity index (χ4v) is 2.19. The largest absolute Gasteiger partial charge is 0.480 e. The zero-order valence-electron chi connectivity index (χ0n) is 15.4. The van der Waals surface area contributed by atoms with Crippen LogP contribution in [0.15, 0.2) is 18.2 Å². The van der Waals surface area contributed by atoms with E-state index in [0.29, 0.717) is 18.7 Å². The SMILES string of the molecule is Cc1ccc([N+](=O)[O-])c(NCCC[C@@H](NC(=O)OC(C)(C)C)C(=O)O)c1. The number of alkyl carbamates (subject to hydrolysis) is 1. The van der Waals surface area contributed by atoms with E-state index in [2.05, 4.69) is 10.6 Å². The molecule has 9 nitrogen and oxygen atoms in total. The lowest BCUT2D eigenvalue weighted by molar-refractivity contribution is -0.384. The van der Waals surface area contributed by atoms with Crippen molar-refractivity contribution >= 4 is 23.4 Å². The number of carbonyl (C=O) groups excluding carboxylic acids is 1. The molecule has 1 atom stereocenters. The van der Waals surface area contributed by atoms with E-state index < -0.39 is 28.6 Å². The molecule has 0 bridgehead atoms. The van der Waals surface area contributed by atoms with Crippen LogP contribution in [-0.4, -0.2) is 40.3 Å². The summed E-state index contributed by atoms with van der Waals surface area (Å²) in [6.45, 7) is 7.19. The summed E-state index contributed by atoms with van der Waals surface area (Å²) in [6.07, 6.45) is -0.258. The van der Waals surface area contributed by atoms with Gasteiger partial charge < -0.3 is 20.5 Å². The summed E-state index contributed by atoms with van der Waals surface area (Å²) in [4.78, 5) is 33.5. The number of carboxylic acids is 1. The molecule has 3 N–H and O–H groups in total. The lowest BCUT2D eigenvalue weighted by atomic mass is 10.1. The maximum Gasteiger partial charge on any atom is 0.408 e. The number of carbonyl (C=O) groups is 2. The lowest BCUT2D eigenvalue weighted by Crippen LogP contribution is -2.43. The number of nitrogens with zero attached hydrogens (tertiary/aromatic N) is 1. The van der Waals surface area contributed by atoms with E-state index in [4.69, 9.17) is 4.74 Å². The average molecular weight is 367 g/mol. The zero-order valence-corrected chi connectivity index (χ0v) is 15.4. The molecule has 0 saturated heterocycles. The number of anilines is 1. The molecule has 0 spiro atoms. The molecule has 0 aliphatic carbocycles. The van der Waals surface area contributed by atoms with Gasteiger partial charge in [-0.1, -0.05) is 6.07 Å². The standard InChI is InChI=1S/C17H25N3O6/c1-11-7-8-14(20(24)25)13(10-11)18-9-5-6-12(15(21)22)19-16(23)26-17(2,3)4/h7-8,10,12,18H,5-6,9H2,1-4H3,(H,19,23)(H,21,22)/t12-/m1/s1. The minimum Gasteiger partial charge on any atom is -0.480 e. The third-order valence-corrected chi connectivity index (χ3v) is 3.32. The van der Waals surface area contributed by atoms with E-state index in [0.717, 1.165) is 5.56 Å². The number of amides is 1. The van der Waals surface area contributed by atoms with Crippen LogP contribution < -0.4 is 10.6 Å². The van der Waals surface area contributed by atoms with Gasteiger partial charge >= 0.3 is 12.1 Å². The first kappa shape index (κ1) is 21.2. The first-order valence-corrected chi connectivity index (χ1v) is 8.21. The van der Waals surface area contributed by atoms with Gasteiger partial charge in [-0.15, -0.1) is 0 Å². The van der Waals surface area contributed by atoms with Crippen molar-refractivity contribution in [2.24, 2.45) is 0 Å². The number of nitrogens with one attached hydrogen (secondary N) is 2. The van der Waals surface area contributed by atoms with Crippen molar-refractivity contribution in [3.8, 4) is 0 Å². The highest BCUT2D eigenvalue weighted by Gasteiger charge is 2.23.